The minimum Gasteiger partial charge on any atom is -0.462 e. The van der Waals surface area contributed by atoms with Crippen molar-refractivity contribution in [3.8, 4) is 0 Å². The van der Waals surface area contributed by atoms with E-state index in [4.69, 9.17) is 14.2 Å². The molecule has 456 valence electrons. The molecule has 0 heterocycles. The number of hydrogen-bond acceptors (Lipinski definition) is 6. The minimum absolute atomic E-state index is 0.0893. The standard InChI is InChI=1S/C74H124O6/c1-4-7-10-13-16-19-22-24-26-28-30-31-32-33-34-35-36-37-38-39-40-41-42-43-45-46-48-50-52-55-58-61-64-67-73(76)79-70-71(69-78-72(75)66-63-60-57-54-21-18-15-12-9-6-3)80-74(77)68-65-62-59-56-53-51-49-47-44-29-27-25-23-20-17-14-11-8-5-2/h7-8,10-11,16-17,19-20,24-27,30-31,33-34,44,47,51,53,71H,4-6,9,12-15,18,21-23,28-29,32,35-43,45-46,48-50,52,54-70H2,1-3H3/b10-7-,11-8-,19-16-,20-17-,26-24-,27-25-,31-30-,34-33-,47-44-,53-51-. The van der Waals surface area contributed by atoms with E-state index in [1.807, 2.05) is 0 Å². The maximum atomic E-state index is 12.9. The second-order valence-corrected chi connectivity index (χ2v) is 22.0. The van der Waals surface area contributed by atoms with Crippen LogP contribution in [0.2, 0.25) is 0 Å². The van der Waals surface area contributed by atoms with Crippen LogP contribution in [0.15, 0.2) is 122 Å². The molecule has 6 nitrogen and oxygen atoms in total. The maximum Gasteiger partial charge on any atom is 0.306 e. The molecule has 80 heavy (non-hydrogen) atoms. The molecular weight excluding hydrogens is 985 g/mol. The summed E-state index contributed by atoms with van der Waals surface area (Å²) in [5.74, 6) is -0.915. The Morgan fingerprint density at radius 2 is 0.487 bits per heavy atom. The zero-order chi connectivity index (χ0) is 57.8. The van der Waals surface area contributed by atoms with Gasteiger partial charge in [0.2, 0.25) is 0 Å². The Morgan fingerprint density at radius 3 is 0.775 bits per heavy atom. The maximum absolute atomic E-state index is 12.9. The first kappa shape index (κ1) is 75.8. The summed E-state index contributed by atoms with van der Waals surface area (Å²) in [5, 5.41) is 0. The van der Waals surface area contributed by atoms with Crippen molar-refractivity contribution in [2.75, 3.05) is 13.2 Å². The molecule has 0 amide bonds. The van der Waals surface area contributed by atoms with Crippen molar-refractivity contribution in [3.63, 3.8) is 0 Å². The van der Waals surface area contributed by atoms with Gasteiger partial charge in [-0.15, -0.1) is 0 Å². The number of hydrogen-bond donors (Lipinski definition) is 0. The lowest BCUT2D eigenvalue weighted by Gasteiger charge is -2.18. The van der Waals surface area contributed by atoms with E-state index < -0.39 is 6.10 Å². The number of allylic oxidation sites excluding steroid dienone is 20. The normalized spacial score (nSPS) is 12.9. The van der Waals surface area contributed by atoms with Gasteiger partial charge >= 0.3 is 17.9 Å². The van der Waals surface area contributed by atoms with E-state index in [9.17, 15) is 14.4 Å². The Kier molecular flexibility index (Phi) is 63.8. The fourth-order valence-corrected chi connectivity index (χ4v) is 9.26. The quantitative estimate of drug-likeness (QED) is 0.0261. The van der Waals surface area contributed by atoms with Crippen LogP contribution in [-0.2, 0) is 28.6 Å². The molecule has 0 aliphatic heterocycles. The van der Waals surface area contributed by atoms with Crippen LogP contribution in [0.4, 0.5) is 0 Å². The third kappa shape index (κ3) is 64.6. The Morgan fingerprint density at radius 1 is 0.263 bits per heavy atom. The molecule has 0 spiro atoms. The summed E-state index contributed by atoms with van der Waals surface area (Å²) in [5.41, 5.74) is 0. The van der Waals surface area contributed by atoms with Crippen LogP contribution in [0, 0.1) is 0 Å². The van der Waals surface area contributed by atoms with E-state index in [-0.39, 0.29) is 37.5 Å². The summed E-state index contributed by atoms with van der Waals surface area (Å²) in [6.07, 6.45) is 93.7. The van der Waals surface area contributed by atoms with Gasteiger partial charge < -0.3 is 14.2 Å². The van der Waals surface area contributed by atoms with Crippen LogP contribution in [0.5, 0.6) is 0 Å². The van der Waals surface area contributed by atoms with Gasteiger partial charge in [0.05, 0.1) is 0 Å². The Balaban J connectivity index is 4.18. The zero-order valence-electron chi connectivity index (χ0n) is 52.3. The summed E-state index contributed by atoms with van der Waals surface area (Å²) in [4.78, 5) is 38.2. The van der Waals surface area contributed by atoms with Crippen LogP contribution >= 0.6 is 0 Å². The number of carbonyl (C=O) groups excluding carboxylic acids is 3. The molecule has 0 bridgehead atoms. The Bertz CT molecular complexity index is 1650. The predicted octanol–water partition coefficient (Wildman–Crippen LogP) is 23.2. The average Bonchev–Trinajstić information content (AvgIpc) is 3.46. The van der Waals surface area contributed by atoms with Crippen molar-refractivity contribution in [2.45, 2.75) is 316 Å². The highest BCUT2D eigenvalue weighted by Gasteiger charge is 2.19. The second-order valence-electron chi connectivity index (χ2n) is 22.0. The summed E-state index contributed by atoms with van der Waals surface area (Å²) in [7, 11) is 0. The van der Waals surface area contributed by atoms with Crippen LogP contribution < -0.4 is 0 Å². The van der Waals surface area contributed by atoms with Gasteiger partial charge in [0.15, 0.2) is 6.10 Å². The first-order valence-corrected chi connectivity index (χ1v) is 33.5. The first-order valence-electron chi connectivity index (χ1n) is 33.5. The highest BCUT2D eigenvalue weighted by atomic mass is 16.6. The van der Waals surface area contributed by atoms with Crippen LogP contribution in [-0.4, -0.2) is 37.2 Å². The molecule has 0 radical (unpaired) electrons. The Labute approximate surface area is 494 Å². The van der Waals surface area contributed by atoms with Gasteiger partial charge in [0, 0.05) is 19.3 Å². The number of unbranched alkanes of at least 4 members (excludes halogenated alkanes) is 29. The SMILES string of the molecule is CC/C=C\C/C=C\C/C=C\C/C=C\C/C=C\CCCCCCCCCCCCCCCCCCCC(=O)OCC(COC(=O)CCCCCCCCCCCC)OC(=O)CCCCC/C=C\C/C=C\C/C=C\C/C=C\C/C=C\CC. The monoisotopic (exact) mass is 1110 g/mol. The number of carbonyl (C=O) groups is 3. The van der Waals surface area contributed by atoms with E-state index in [1.165, 1.54) is 141 Å². The van der Waals surface area contributed by atoms with E-state index in [1.54, 1.807) is 0 Å². The van der Waals surface area contributed by atoms with Gasteiger partial charge in [-0.05, 0) is 109 Å². The van der Waals surface area contributed by atoms with Crippen molar-refractivity contribution >= 4 is 17.9 Å². The van der Waals surface area contributed by atoms with Gasteiger partial charge in [0.25, 0.3) is 0 Å². The van der Waals surface area contributed by atoms with Gasteiger partial charge in [-0.2, -0.15) is 0 Å². The molecular formula is C74H124O6. The van der Waals surface area contributed by atoms with E-state index in [0.717, 1.165) is 128 Å². The number of esters is 3. The molecule has 0 aromatic heterocycles. The smallest absolute Gasteiger partial charge is 0.306 e. The first-order chi connectivity index (χ1) is 39.5. The van der Waals surface area contributed by atoms with Gasteiger partial charge in [-0.3, -0.25) is 14.4 Å². The van der Waals surface area contributed by atoms with Crippen molar-refractivity contribution in [2.24, 2.45) is 0 Å². The molecule has 1 unspecified atom stereocenters. The summed E-state index contributed by atoms with van der Waals surface area (Å²) in [6, 6.07) is 0. The molecule has 0 aromatic rings. The van der Waals surface area contributed by atoms with Gasteiger partial charge in [0.1, 0.15) is 13.2 Å². The van der Waals surface area contributed by atoms with Crippen molar-refractivity contribution in [1.82, 2.24) is 0 Å². The zero-order valence-corrected chi connectivity index (χ0v) is 52.3. The Hall–Kier alpha value is -4.19. The molecule has 6 heteroatoms. The lowest BCUT2D eigenvalue weighted by atomic mass is 10.0. The topological polar surface area (TPSA) is 78.9 Å². The largest absolute Gasteiger partial charge is 0.462 e. The van der Waals surface area contributed by atoms with E-state index in [0.29, 0.717) is 12.8 Å². The molecule has 1 atom stereocenters. The molecule has 0 saturated heterocycles. The molecule has 0 rings (SSSR count). The minimum atomic E-state index is -0.795. The fourth-order valence-electron chi connectivity index (χ4n) is 9.26. The molecule has 0 saturated carbocycles. The average molecular weight is 1110 g/mol. The van der Waals surface area contributed by atoms with E-state index in [2.05, 4.69) is 142 Å². The third-order valence-corrected chi connectivity index (χ3v) is 14.2. The van der Waals surface area contributed by atoms with Crippen LogP contribution in [0.3, 0.4) is 0 Å². The molecule has 0 aromatic carbocycles. The molecule has 0 aliphatic rings. The lowest BCUT2D eigenvalue weighted by molar-refractivity contribution is -0.167. The van der Waals surface area contributed by atoms with Gasteiger partial charge in [-0.25, -0.2) is 0 Å². The van der Waals surface area contributed by atoms with Crippen molar-refractivity contribution < 1.29 is 28.6 Å². The third-order valence-electron chi connectivity index (χ3n) is 14.2. The molecule has 0 fully saturated rings. The summed E-state index contributed by atoms with van der Waals surface area (Å²) in [6.45, 7) is 6.39. The van der Waals surface area contributed by atoms with Crippen molar-refractivity contribution in [1.29, 1.82) is 0 Å². The molecule has 0 aliphatic carbocycles. The van der Waals surface area contributed by atoms with Gasteiger partial charge in [-0.1, -0.05) is 303 Å². The second kappa shape index (κ2) is 67.3. The lowest BCUT2D eigenvalue weighted by Crippen LogP contribution is -2.30. The van der Waals surface area contributed by atoms with E-state index >= 15 is 0 Å². The fraction of sp³-hybridized carbons (Fsp3) is 0.689. The highest BCUT2D eigenvalue weighted by Crippen LogP contribution is 2.17. The predicted molar refractivity (Wildman–Crippen MR) is 348 cm³/mol. The van der Waals surface area contributed by atoms with Crippen LogP contribution in [0.25, 0.3) is 0 Å². The summed E-state index contributed by atoms with van der Waals surface area (Å²) < 4.78 is 16.9. The molecule has 0 N–H and O–H groups in total. The summed E-state index contributed by atoms with van der Waals surface area (Å²) >= 11 is 0. The van der Waals surface area contributed by atoms with Crippen LogP contribution in [0.1, 0.15) is 310 Å². The van der Waals surface area contributed by atoms with Crippen molar-refractivity contribution in [3.05, 3.63) is 122 Å². The number of ether oxygens (including phenoxy) is 3. The number of rotatable bonds is 60. The highest BCUT2D eigenvalue weighted by molar-refractivity contribution is 5.71.